The molecule has 5 aromatic carbocycles. The van der Waals surface area contributed by atoms with Crippen molar-refractivity contribution in [3.63, 3.8) is 0 Å². The number of anilines is 2. The predicted octanol–water partition coefficient (Wildman–Crippen LogP) is 7.74. The molecule has 5 aromatic rings. The van der Waals surface area contributed by atoms with Gasteiger partial charge in [-0.15, -0.1) is 21.8 Å². The van der Waals surface area contributed by atoms with Gasteiger partial charge in [0.2, 0.25) is 0 Å². The molecule has 388 valence electrons. The number of terminal acetylenes is 1. The van der Waals surface area contributed by atoms with Gasteiger partial charge >= 0.3 is 17.6 Å². The summed E-state index contributed by atoms with van der Waals surface area (Å²) in [7, 11) is 1.13. The van der Waals surface area contributed by atoms with Crippen LogP contribution in [0.5, 0.6) is 0 Å². The number of ether oxygens (including phenoxy) is 2. The number of rotatable bonds is 6. The van der Waals surface area contributed by atoms with Crippen molar-refractivity contribution >= 4 is 67.6 Å². The molecule has 1 aliphatic heterocycles. The van der Waals surface area contributed by atoms with Crippen molar-refractivity contribution in [3.8, 4) is 285 Å². The van der Waals surface area contributed by atoms with Gasteiger partial charge in [-0.25, -0.2) is 9.59 Å². The van der Waals surface area contributed by atoms with Crippen LogP contribution in [0.15, 0.2) is 118 Å². The molecule has 0 radical (unpaired) electrons. The third-order valence-electron chi connectivity index (χ3n) is 9.65. The molecule has 10 heteroatoms. The van der Waals surface area contributed by atoms with Gasteiger partial charge in [0.15, 0.2) is 0 Å². The van der Waals surface area contributed by atoms with E-state index in [1.807, 2.05) is 66.7 Å². The molecule has 0 saturated carbocycles. The van der Waals surface area contributed by atoms with Crippen LogP contribution >= 0.6 is 0 Å². The normalized spacial score (nSPS) is 9.59. The Kier molecular flexibility index (Phi) is 25.5. The maximum atomic E-state index is 13.8. The van der Waals surface area contributed by atoms with Crippen molar-refractivity contribution in [2.45, 2.75) is 5.66 Å². The first-order chi connectivity index (χ1) is 43.5. The fourth-order valence-corrected chi connectivity index (χ4v) is 6.25. The average Bonchev–Trinajstić information content (AvgIpc) is 0.916. The Bertz CT molecular complexity index is 5520. The SMILES string of the molecule is C#CC#CC#CC#CC#CC#CC#CC#CC#CC#CC#CC#CC#CC#CC#CC#CC#CC#CC#CC#CC#CC#CC#CC#COC(=O)C1(C(=O)OC)Nc2cccc3ccc(/N=N/c4ccc(/N=N/c5ccccc5)c5ccccc45)c(c23)N1. The third kappa shape index (κ3) is 20.9. The fourth-order valence-electron chi connectivity index (χ4n) is 6.25. The zero-order chi connectivity index (χ0) is 61.6. The molecule has 1 atom stereocenters. The van der Waals surface area contributed by atoms with E-state index in [0.717, 1.165) is 23.3 Å². The van der Waals surface area contributed by atoms with Gasteiger partial charge < -0.3 is 20.1 Å². The summed E-state index contributed by atoms with van der Waals surface area (Å²) >= 11 is 0. The lowest BCUT2D eigenvalue weighted by Crippen LogP contribution is -2.61. The van der Waals surface area contributed by atoms with E-state index in [4.69, 9.17) is 15.9 Å². The van der Waals surface area contributed by atoms with E-state index in [1.54, 1.807) is 30.3 Å². The van der Waals surface area contributed by atoms with Gasteiger partial charge in [-0.05, 0) is 89.1 Å². The Balaban J connectivity index is 0.935. The third-order valence-corrected chi connectivity index (χ3v) is 9.65. The van der Waals surface area contributed by atoms with E-state index in [2.05, 4.69) is 310 Å². The molecule has 1 heterocycles. The molecule has 6 rings (SSSR count). The van der Waals surface area contributed by atoms with Crippen LogP contribution in [0.4, 0.5) is 34.1 Å². The standard InChI is InChI=1S/C78H22N6O4/c1-3-4-5-6-7-8-9-10-11-12-13-14-15-16-17-18-19-20-21-22-23-24-25-26-27-28-29-30-31-32-33-34-35-36-37-38-39-40-41-42-43-44-45-46-47-53-65-88-77(86)78(76(85)87-2)79-72-60-54-55-66-61-62-73(75(80-78)74(66)72)84-83-71-64-63-70(68-58-51-52-59-69(68)71)82-81-67-56-49-48-50-57-67/h1,48-52,54-64,79-80H,2H3/b82-81+,84-83+. The van der Waals surface area contributed by atoms with Crippen LogP contribution in [0.2, 0.25) is 0 Å². The molecular formula is C78H22N6O4. The molecule has 0 aromatic heterocycles. The lowest BCUT2D eigenvalue weighted by Gasteiger charge is -2.36. The Morgan fingerprint density at radius 1 is 0.364 bits per heavy atom. The molecule has 0 fully saturated rings. The second kappa shape index (κ2) is 36.8. The zero-order valence-corrected chi connectivity index (χ0v) is 45.2. The van der Waals surface area contributed by atoms with E-state index in [9.17, 15) is 9.59 Å². The summed E-state index contributed by atoms with van der Waals surface area (Å²) in [5, 5.41) is 27.0. The van der Waals surface area contributed by atoms with Gasteiger partial charge in [0.1, 0.15) is 11.8 Å². The quantitative estimate of drug-likeness (QED) is 0.0777. The van der Waals surface area contributed by atoms with Crippen molar-refractivity contribution in [2.24, 2.45) is 20.5 Å². The van der Waals surface area contributed by atoms with Crippen molar-refractivity contribution in [2.75, 3.05) is 17.7 Å². The average molecular weight is 1110 g/mol. The first-order valence-electron chi connectivity index (χ1n) is 24.3. The highest BCUT2D eigenvalue weighted by molar-refractivity contribution is 6.19. The number of carbonyl (C=O) groups excluding carboxylic acids is 2. The van der Waals surface area contributed by atoms with E-state index >= 15 is 0 Å². The van der Waals surface area contributed by atoms with Crippen LogP contribution in [0, 0.1) is 285 Å². The lowest BCUT2D eigenvalue weighted by atomic mass is 9.98. The number of methoxy groups -OCH3 is 1. The van der Waals surface area contributed by atoms with Crippen LogP contribution in [-0.4, -0.2) is 24.7 Å². The number of benzene rings is 5. The Morgan fingerprint density at radius 3 is 1.11 bits per heavy atom. The minimum absolute atomic E-state index is 0.311. The topological polar surface area (TPSA) is 126 Å². The molecule has 2 N–H and O–H groups in total. The van der Waals surface area contributed by atoms with Crippen LogP contribution in [0.1, 0.15) is 0 Å². The van der Waals surface area contributed by atoms with E-state index in [-0.39, 0.29) is 0 Å². The van der Waals surface area contributed by atoms with Crippen molar-refractivity contribution in [1.82, 2.24) is 0 Å². The molecule has 1 unspecified atom stereocenters. The monoisotopic (exact) mass is 1110 g/mol. The van der Waals surface area contributed by atoms with Gasteiger partial charge in [0, 0.05) is 247 Å². The minimum Gasteiger partial charge on any atom is -0.465 e. The van der Waals surface area contributed by atoms with Crippen molar-refractivity contribution < 1.29 is 19.1 Å². The Hall–Kier alpha value is -16.2. The molecule has 88 heavy (non-hydrogen) atoms. The Labute approximate surface area is 509 Å². The summed E-state index contributed by atoms with van der Waals surface area (Å²) < 4.78 is 10.3. The molecule has 1 aliphatic rings. The first kappa shape index (κ1) is 61.0. The van der Waals surface area contributed by atoms with Gasteiger partial charge in [-0.1, -0.05) is 60.7 Å². The number of nitrogens with zero attached hydrogens (tertiary/aromatic N) is 4. The summed E-state index contributed by atoms with van der Waals surface area (Å²) in [6, 6.07) is 29.5. The second-order valence-electron chi connectivity index (χ2n) is 15.0. The highest BCUT2D eigenvalue weighted by Gasteiger charge is 2.52. The van der Waals surface area contributed by atoms with Crippen LogP contribution < -0.4 is 10.6 Å². The predicted molar refractivity (Wildman–Crippen MR) is 338 cm³/mol. The summed E-state index contributed by atoms with van der Waals surface area (Å²) in [5.41, 5.74) is 0.650. The molecule has 0 amide bonds. The molecule has 0 saturated heterocycles. The fraction of sp³-hybridized carbons (Fsp3) is 0.0256. The van der Waals surface area contributed by atoms with E-state index in [0.29, 0.717) is 39.5 Å². The number of carbonyl (C=O) groups is 2. The number of hydrogen-bond acceptors (Lipinski definition) is 10. The lowest BCUT2D eigenvalue weighted by molar-refractivity contribution is -0.156. The summed E-state index contributed by atoms with van der Waals surface area (Å²) in [5.74, 6) is 112. The number of nitrogens with one attached hydrogen (secondary N) is 2. The molecule has 10 nitrogen and oxygen atoms in total. The number of esters is 2. The van der Waals surface area contributed by atoms with Gasteiger partial charge in [-0.3, -0.25) is 0 Å². The minimum atomic E-state index is -2.29. The smallest absolute Gasteiger partial charge is 0.379 e. The first-order valence-corrected chi connectivity index (χ1v) is 24.3. The van der Waals surface area contributed by atoms with Gasteiger partial charge in [0.25, 0.3) is 0 Å². The van der Waals surface area contributed by atoms with Gasteiger partial charge in [0.05, 0.1) is 29.9 Å². The molecular weight excluding hydrogens is 1080 g/mol. The molecule has 0 spiro atoms. The summed E-state index contributed by atoms with van der Waals surface area (Å²) in [4.78, 5) is 27.3. The maximum Gasteiger partial charge on any atom is 0.379 e. The van der Waals surface area contributed by atoms with Crippen molar-refractivity contribution in [1.29, 1.82) is 0 Å². The molecule has 0 aliphatic carbocycles. The summed E-state index contributed by atoms with van der Waals surface area (Å²) in [6.07, 6.45) is 7.16. The van der Waals surface area contributed by atoms with Crippen LogP contribution in [0.3, 0.4) is 0 Å². The number of hydrogen-bond donors (Lipinski definition) is 2. The van der Waals surface area contributed by atoms with Gasteiger partial charge in [-0.2, -0.15) is 5.11 Å². The summed E-state index contributed by atoms with van der Waals surface area (Å²) in [6.45, 7) is 0. The largest absolute Gasteiger partial charge is 0.465 e. The van der Waals surface area contributed by atoms with Crippen LogP contribution in [-0.2, 0) is 19.1 Å². The number of fused-ring (bicyclic) bond motifs is 1. The van der Waals surface area contributed by atoms with Crippen LogP contribution in [0.25, 0.3) is 21.5 Å². The second-order valence-corrected chi connectivity index (χ2v) is 15.0. The highest BCUT2D eigenvalue weighted by atomic mass is 16.6. The highest BCUT2D eigenvalue weighted by Crippen LogP contribution is 2.45. The Morgan fingerprint density at radius 2 is 0.716 bits per heavy atom. The maximum absolute atomic E-state index is 13.8. The van der Waals surface area contributed by atoms with E-state index in [1.165, 1.54) is 0 Å². The zero-order valence-electron chi connectivity index (χ0n) is 45.2. The molecule has 0 bridgehead atoms. The van der Waals surface area contributed by atoms with E-state index < -0.39 is 17.6 Å². The van der Waals surface area contributed by atoms with Crippen molar-refractivity contribution in [3.05, 3.63) is 97.1 Å². The number of azo groups is 2.